The van der Waals surface area contributed by atoms with Gasteiger partial charge in [-0.05, 0) is 31.7 Å². The summed E-state index contributed by atoms with van der Waals surface area (Å²) in [5, 5.41) is 26.5. The molecule has 146 valence electrons. The molecule has 1 aliphatic rings. The molecule has 10 heteroatoms. The van der Waals surface area contributed by atoms with Crippen LogP contribution in [0.2, 0.25) is 0 Å². The average Bonchev–Trinajstić information content (AvgIpc) is 3.04. The summed E-state index contributed by atoms with van der Waals surface area (Å²) in [6.45, 7) is 4.01. The third kappa shape index (κ3) is 3.88. The van der Waals surface area contributed by atoms with Crippen molar-refractivity contribution in [3.05, 3.63) is 38.4 Å². The fraction of sp³-hybridized carbons (Fsp3) is 0.529. The van der Waals surface area contributed by atoms with E-state index in [1.807, 2.05) is 13.8 Å². The SMILES string of the molecule is CCC1(CC)CC[C@H](C(=O)OC)/C1=N/Nc1ccc([N+](=O)[O-])cc1[N+](=O)[O-]. The molecule has 1 fully saturated rings. The molecule has 0 saturated heterocycles. The number of esters is 1. The fourth-order valence-electron chi connectivity index (χ4n) is 3.59. The number of non-ortho nitro benzene ring substituents is 1. The summed E-state index contributed by atoms with van der Waals surface area (Å²) >= 11 is 0. The number of hydrogen-bond donors (Lipinski definition) is 1. The number of nitro groups is 2. The highest BCUT2D eigenvalue weighted by Crippen LogP contribution is 2.45. The molecule has 0 aromatic heterocycles. The van der Waals surface area contributed by atoms with Crippen LogP contribution in [0.5, 0.6) is 0 Å². The Bertz CT molecular complexity index is 788. The first-order valence-electron chi connectivity index (χ1n) is 8.64. The zero-order valence-electron chi connectivity index (χ0n) is 15.4. The number of carbonyl (C=O) groups excluding carboxylic acids is 1. The van der Waals surface area contributed by atoms with Crippen LogP contribution in [-0.4, -0.2) is 28.6 Å². The van der Waals surface area contributed by atoms with E-state index >= 15 is 0 Å². The molecule has 1 aromatic rings. The number of anilines is 1. The first-order valence-corrected chi connectivity index (χ1v) is 8.64. The van der Waals surface area contributed by atoms with Gasteiger partial charge in [-0.15, -0.1) is 0 Å². The van der Waals surface area contributed by atoms with Crippen molar-refractivity contribution in [2.45, 2.75) is 39.5 Å². The van der Waals surface area contributed by atoms with Crippen LogP contribution < -0.4 is 5.43 Å². The molecule has 1 N–H and O–H groups in total. The highest BCUT2D eigenvalue weighted by molar-refractivity contribution is 6.07. The lowest BCUT2D eigenvalue weighted by atomic mass is 9.78. The second-order valence-corrected chi connectivity index (χ2v) is 6.43. The summed E-state index contributed by atoms with van der Waals surface area (Å²) in [7, 11) is 1.31. The smallest absolute Gasteiger partial charge is 0.314 e. The minimum atomic E-state index is -0.713. The predicted molar refractivity (Wildman–Crippen MR) is 98.6 cm³/mol. The van der Waals surface area contributed by atoms with Gasteiger partial charge in [0.25, 0.3) is 5.69 Å². The van der Waals surface area contributed by atoms with Gasteiger partial charge in [0.05, 0.1) is 34.7 Å². The van der Waals surface area contributed by atoms with Gasteiger partial charge in [0.2, 0.25) is 0 Å². The first kappa shape index (κ1) is 20.3. The number of ether oxygens (including phenoxy) is 1. The first-order chi connectivity index (χ1) is 12.8. The second-order valence-electron chi connectivity index (χ2n) is 6.43. The van der Waals surface area contributed by atoms with E-state index in [1.165, 1.54) is 13.2 Å². The van der Waals surface area contributed by atoms with Crippen molar-refractivity contribution in [2.24, 2.45) is 16.4 Å². The highest BCUT2D eigenvalue weighted by atomic mass is 16.6. The zero-order valence-corrected chi connectivity index (χ0v) is 15.4. The quantitative estimate of drug-likeness (QED) is 0.434. The Kier molecular flexibility index (Phi) is 6.09. The lowest BCUT2D eigenvalue weighted by Crippen LogP contribution is -2.32. The van der Waals surface area contributed by atoms with Crippen LogP contribution in [0.25, 0.3) is 0 Å². The number of nitrogens with zero attached hydrogens (tertiary/aromatic N) is 3. The van der Waals surface area contributed by atoms with Gasteiger partial charge in [0.1, 0.15) is 5.69 Å². The Morgan fingerprint density at radius 2 is 1.96 bits per heavy atom. The zero-order chi connectivity index (χ0) is 20.2. The van der Waals surface area contributed by atoms with Crippen molar-refractivity contribution in [2.75, 3.05) is 12.5 Å². The molecule has 1 saturated carbocycles. The molecule has 0 heterocycles. The summed E-state index contributed by atoms with van der Waals surface area (Å²) in [5.41, 5.74) is 2.14. The van der Waals surface area contributed by atoms with E-state index in [0.717, 1.165) is 31.4 Å². The minimum Gasteiger partial charge on any atom is -0.469 e. The van der Waals surface area contributed by atoms with E-state index < -0.39 is 27.4 Å². The molecule has 27 heavy (non-hydrogen) atoms. The Labute approximate surface area is 155 Å². The molecule has 0 aliphatic heterocycles. The number of benzene rings is 1. The number of methoxy groups -OCH3 is 1. The molecule has 10 nitrogen and oxygen atoms in total. The summed E-state index contributed by atoms with van der Waals surface area (Å²) in [6, 6.07) is 3.28. The van der Waals surface area contributed by atoms with Crippen LogP contribution in [0.1, 0.15) is 39.5 Å². The molecule has 1 atom stereocenters. The van der Waals surface area contributed by atoms with E-state index in [-0.39, 0.29) is 16.8 Å². The second kappa shape index (κ2) is 8.11. The van der Waals surface area contributed by atoms with Crippen molar-refractivity contribution in [1.82, 2.24) is 0 Å². The number of hydrazone groups is 1. The van der Waals surface area contributed by atoms with Gasteiger partial charge in [0.15, 0.2) is 0 Å². The van der Waals surface area contributed by atoms with Gasteiger partial charge in [-0.25, -0.2) is 0 Å². The Morgan fingerprint density at radius 1 is 1.30 bits per heavy atom. The van der Waals surface area contributed by atoms with Gasteiger partial charge in [-0.2, -0.15) is 5.10 Å². The largest absolute Gasteiger partial charge is 0.469 e. The number of nitrogens with one attached hydrogen (secondary N) is 1. The Morgan fingerprint density at radius 3 is 2.48 bits per heavy atom. The van der Waals surface area contributed by atoms with Crippen LogP contribution in [0.4, 0.5) is 17.1 Å². The van der Waals surface area contributed by atoms with Crippen LogP contribution >= 0.6 is 0 Å². The topological polar surface area (TPSA) is 137 Å². The van der Waals surface area contributed by atoms with Crippen molar-refractivity contribution in [1.29, 1.82) is 0 Å². The standard InChI is InChI=1S/C17H22N4O6/c1-4-17(5-2)9-8-12(16(22)27-3)15(17)19-18-13-7-6-11(20(23)24)10-14(13)21(25)26/h6-7,10,12,18H,4-5,8-9H2,1-3H3/b19-15-/t12-/m0/s1. The number of carbonyl (C=O) groups is 1. The summed E-state index contributed by atoms with van der Waals surface area (Å²) in [5.74, 6) is -0.906. The van der Waals surface area contributed by atoms with E-state index in [1.54, 1.807) is 0 Å². The molecule has 0 spiro atoms. The lowest BCUT2D eigenvalue weighted by Gasteiger charge is -2.27. The Hall–Kier alpha value is -3.04. The summed E-state index contributed by atoms with van der Waals surface area (Å²) in [6.07, 6.45) is 2.89. The van der Waals surface area contributed by atoms with Gasteiger partial charge >= 0.3 is 11.7 Å². The molecule has 0 amide bonds. The lowest BCUT2D eigenvalue weighted by molar-refractivity contribution is -0.393. The number of hydrogen-bond acceptors (Lipinski definition) is 8. The highest BCUT2D eigenvalue weighted by Gasteiger charge is 2.46. The maximum absolute atomic E-state index is 12.1. The van der Waals surface area contributed by atoms with E-state index in [9.17, 15) is 25.0 Å². The number of rotatable bonds is 7. The van der Waals surface area contributed by atoms with E-state index in [2.05, 4.69) is 10.5 Å². The van der Waals surface area contributed by atoms with Crippen molar-refractivity contribution >= 4 is 28.7 Å². The Balaban J connectivity index is 2.44. The van der Waals surface area contributed by atoms with Gasteiger partial charge in [-0.3, -0.25) is 30.4 Å². The fourth-order valence-corrected chi connectivity index (χ4v) is 3.59. The molecule has 2 rings (SSSR count). The number of nitro benzene ring substituents is 2. The predicted octanol–water partition coefficient (Wildman–Crippen LogP) is 3.66. The third-order valence-corrected chi connectivity index (χ3v) is 5.31. The van der Waals surface area contributed by atoms with Crippen molar-refractivity contribution in [3.63, 3.8) is 0 Å². The minimum absolute atomic E-state index is 0.0229. The molecular formula is C17H22N4O6. The monoisotopic (exact) mass is 378 g/mol. The molecule has 0 bridgehead atoms. The normalized spacial score (nSPS) is 19.7. The molecule has 0 unspecified atom stereocenters. The summed E-state index contributed by atoms with van der Waals surface area (Å²) < 4.78 is 4.87. The van der Waals surface area contributed by atoms with E-state index in [0.29, 0.717) is 12.1 Å². The van der Waals surface area contributed by atoms with Crippen LogP contribution in [0.15, 0.2) is 23.3 Å². The van der Waals surface area contributed by atoms with E-state index in [4.69, 9.17) is 4.74 Å². The molecule has 0 radical (unpaired) electrons. The van der Waals surface area contributed by atoms with Crippen LogP contribution in [-0.2, 0) is 9.53 Å². The third-order valence-electron chi connectivity index (χ3n) is 5.31. The maximum atomic E-state index is 12.1. The van der Waals surface area contributed by atoms with Crippen molar-refractivity contribution < 1.29 is 19.4 Å². The molecular weight excluding hydrogens is 356 g/mol. The van der Waals surface area contributed by atoms with Crippen LogP contribution in [0.3, 0.4) is 0 Å². The van der Waals surface area contributed by atoms with Crippen LogP contribution in [0, 0.1) is 31.6 Å². The summed E-state index contributed by atoms with van der Waals surface area (Å²) in [4.78, 5) is 32.8. The molecule has 1 aliphatic carbocycles. The maximum Gasteiger partial charge on any atom is 0.314 e. The van der Waals surface area contributed by atoms with Gasteiger partial charge in [0, 0.05) is 11.5 Å². The average molecular weight is 378 g/mol. The van der Waals surface area contributed by atoms with Gasteiger partial charge < -0.3 is 4.74 Å². The van der Waals surface area contributed by atoms with Gasteiger partial charge in [-0.1, -0.05) is 13.8 Å². The van der Waals surface area contributed by atoms with Crippen molar-refractivity contribution in [3.8, 4) is 0 Å². The molecule has 1 aromatic carbocycles.